The van der Waals surface area contributed by atoms with E-state index in [1.54, 1.807) is 0 Å². The van der Waals surface area contributed by atoms with E-state index in [0.29, 0.717) is 0 Å². The van der Waals surface area contributed by atoms with Crippen molar-refractivity contribution >= 4 is 28.6 Å². The average molecular weight is 274 g/mol. The lowest BCUT2D eigenvalue weighted by molar-refractivity contribution is 0.0951. The van der Waals surface area contributed by atoms with Crippen molar-refractivity contribution in [2.24, 2.45) is 0 Å². The van der Waals surface area contributed by atoms with Gasteiger partial charge < -0.3 is 10.3 Å². The molecule has 0 bridgehead atoms. The summed E-state index contributed by atoms with van der Waals surface area (Å²) in [5.41, 5.74) is 1.65. The smallest absolute Gasteiger partial charge is 0.253 e. The normalized spacial score (nSPS) is 22.8. The maximum Gasteiger partial charge on any atom is 0.253 e. The Labute approximate surface area is 117 Å². The van der Waals surface area contributed by atoms with Crippen molar-refractivity contribution < 1.29 is 4.79 Å². The van der Waals surface area contributed by atoms with Crippen molar-refractivity contribution in [2.75, 3.05) is 12.3 Å². The molecule has 0 saturated carbocycles. The third kappa shape index (κ3) is 2.50. The minimum atomic E-state index is 0.0155. The molecule has 1 aromatic carbocycles. The molecule has 1 saturated heterocycles. The van der Waals surface area contributed by atoms with Gasteiger partial charge in [-0.2, -0.15) is 11.8 Å². The summed E-state index contributed by atoms with van der Waals surface area (Å²) in [7, 11) is 0. The Morgan fingerprint density at radius 2 is 2.37 bits per heavy atom. The zero-order valence-corrected chi connectivity index (χ0v) is 11.8. The maximum atomic E-state index is 12.3. The molecule has 0 spiro atoms. The van der Waals surface area contributed by atoms with Gasteiger partial charge in [0.25, 0.3) is 5.91 Å². The van der Waals surface area contributed by atoms with Crippen LogP contribution in [0.4, 0.5) is 0 Å². The topological polar surface area (TPSA) is 44.9 Å². The first-order valence-electron chi connectivity index (χ1n) is 6.66. The van der Waals surface area contributed by atoms with Gasteiger partial charge in [0, 0.05) is 22.9 Å². The summed E-state index contributed by atoms with van der Waals surface area (Å²) in [5.74, 6) is 1.22. The van der Waals surface area contributed by atoms with Crippen molar-refractivity contribution in [3.8, 4) is 0 Å². The predicted octanol–water partition coefficient (Wildman–Crippen LogP) is 3.18. The summed E-state index contributed by atoms with van der Waals surface area (Å²) >= 11 is 1.96. The maximum absolute atomic E-state index is 12.3. The fourth-order valence-corrected chi connectivity index (χ4v) is 3.86. The Balaban J connectivity index is 1.75. The van der Waals surface area contributed by atoms with Crippen LogP contribution in [0.1, 0.15) is 30.1 Å². The molecule has 2 aromatic rings. The Morgan fingerprint density at radius 1 is 1.47 bits per heavy atom. The number of carbonyl (C=O) groups excluding carboxylic acids is 1. The number of benzene rings is 1. The molecule has 1 amide bonds. The summed E-state index contributed by atoms with van der Waals surface area (Å²) in [6.45, 7) is 2.98. The Hall–Kier alpha value is -1.42. The number of amides is 1. The number of hydrogen-bond donors (Lipinski definition) is 2. The first-order chi connectivity index (χ1) is 9.18. The number of nitrogens with one attached hydrogen (secondary N) is 2. The molecule has 100 valence electrons. The van der Waals surface area contributed by atoms with Crippen LogP contribution >= 0.6 is 11.8 Å². The monoisotopic (exact) mass is 274 g/mol. The second-order valence-corrected chi connectivity index (χ2v) is 7.01. The number of H-pyrrole nitrogens is 1. The third-order valence-electron chi connectivity index (χ3n) is 3.76. The molecule has 1 unspecified atom stereocenters. The number of thioether (sulfide) groups is 1. The SMILES string of the molecule is CC1(CNC(=O)c2cccc3cc[nH]c23)CCCS1. The molecule has 1 fully saturated rings. The predicted molar refractivity (Wildman–Crippen MR) is 80.7 cm³/mol. The average Bonchev–Trinajstić information content (AvgIpc) is 3.04. The highest BCUT2D eigenvalue weighted by Gasteiger charge is 2.29. The van der Waals surface area contributed by atoms with Crippen LogP contribution in [-0.2, 0) is 0 Å². The Morgan fingerprint density at radius 3 is 3.16 bits per heavy atom. The number of aromatic nitrogens is 1. The summed E-state index contributed by atoms with van der Waals surface area (Å²) in [6, 6.07) is 7.80. The minimum Gasteiger partial charge on any atom is -0.361 e. The lowest BCUT2D eigenvalue weighted by Gasteiger charge is -2.22. The summed E-state index contributed by atoms with van der Waals surface area (Å²) in [6.07, 6.45) is 4.31. The summed E-state index contributed by atoms with van der Waals surface area (Å²) in [5, 5.41) is 4.16. The van der Waals surface area contributed by atoms with Gasteiger partial charge in [0.05, 0.1) is 11.1 Å². The number of para-hydroxylation sites is 1. The van der Waals surface area contributed by atoms with E-state index in [0.717, 1.165) is 23.0 Å². The lowest BCUT2D eigenvalue weighted by Crippen LogP contribution is -2.36. The van der Waals surface area contributed by atoms with Gasteiger partial charge in [-0.25, -0.2) is 0 Å². The van der Waals surface area contributed by atoms with Crippen LogP contribution in [0.5, 0.6) is 0 Å². The molecule has 0 radical (unpaired) electrons. The molecule has 2 N–H and O–H groups in total. The molecule has 19 heavy (non-hydrogen) atoms. The van der Waals surface area contributed by atoms with Crippen LogP contribution in [-0.4, -0.2) is 27.9 Å². The van der Waals surface area contributed by atoms with Gasteiger partial charge in [-0.3, -0.25) is 4.79 Å². The van der Waals surface area contributed by atoms with Crippen molar-refractivity contribution in [1.82, 2.24) is 10.3 Å². The first kappa shape index (κ1) is 12.6. The number of rotatable bonds is 3. The molecule has 0 aliphatic carbocycles. The van der Waals surface area contributed by atoms with Crippen LogP contribution in [0.15, 0.2) is 30.5 Å². The van der Waals surface area contributed by atoms with Gasteiger partial charge >= 0.3 is 0 Å². The van der Waals surface area contributed by atoms with E-state index in [-0.39, 0.29) is 10.7 Å². The van der Waals surface area contributed by atoms with E-state index in [2.05, 4.69) is 17.2 Å². The van der Waals surface area contributed by atoms with E-state index in [1.165, 1.54) is 18.6 Å². The summed E-state index contributed by atoms with van der Waals surface area (Å²) in [4.78, 5) is 15.5. The molecule has 1 aliphatic heterocycles. The van der Waals surface area contributed by atoms with E-state index < -0.39 is 0 Å². The van der Waals surface area contributed by atoms with Crippen molar-refractivity contribution in [2.45, 2.75) is 24.5 Å². The van der Waals surface area contributed by atoms with Gasteiger partial charge in [0.1, 0.15) is 0 Å². The first-order valence-corrected chi connectivity index (χ1v) is 7.65. The highest BCUT2D eigenvalue weighted by atomic mass is 32.2. The lowest BCUT2D eigenvalue weighted by atomic mass is 10.1. The fraction of sp³-hybridized carbons (Fsp3) is 0.400. The van der Waals surface area contributed by atoms with Crippen molar-refractivity contribution in [3.05, 3.63) is 36.0 Å². The third-order valence-corrected chi connectivity index (χ3v) is 5.29. The Bertz CT molecular complexity index is 599. The number of carbonyl (C=O) groups is 1. The molecule has 3 nitrogen and oxygen atoms in total. The summed E-state index contributed by atoms with van der Waals surface area (Å²) < 4.78 is 0.208. The van der Waals surface area contributed by atoms with E-state index in [4.69, 9.17) is 0 Å². The van der Waals surface area contributed by atoms with Gasteiger partial charge in [-0.05, 0) is 37.7 Å². The zero-order valence-electron chi connectivity index (χ0n) is 11.0. The second-order valence-electron chi connectivity index (χ2n) is 5.33. The van der Waals surface area contributed by atoms with Gasteiger partial charge in [-0.15, -0.1) is 0 Å². The quantitative estimate of drug-likeness (QED) is 0.903. The van der Waals surface area contributed by atoms with Gasteiger partial charge in [0.15, 0.2) is 0 Å². The minimum absolute atomic E-state index is 0.0155. The van der Waals surface area contributed by atoms with Gasteiger partial charge in [0.2, 0.25) is 0 Å². The number of fused-ring (bicyclic) bond motifs is 1. The highest BCUT2D eigenvalue weighted by Crippen LogP contribution is 2.37. The van der Waals surface area contributed by atoms with E-state index in [9.17, 15) is 4.79 Å². The van der Waals surface area contributed by atoms with Crippen molar-refractivity contribution in [3.63, 3.8) is 0 Å². The molecule has 4 heteroatoms. The molecule has 2 heterocycles. The molecular formula is C15H18N2OS. The van der Waals surface area contributed by atoms with Crippen LogP contribution < -0.4 is 5.32 Å². The van der Waals surface area contributed by atoms with Crippen LogP contribution in [0, 0.1) is 0 Å². The van der Waals surface area contributed by atoms with Crippen molar-refractivity contribution in [1.29, 1.82) is 0 Å². The van der Waals surface area contributed by atoms with Crippen LogP contribution in [0.2, 0.25) is 0 Å². The van der Waals surface area contributed by atoms with Crippen LogP contribution in [0.25, 0.3) is 10.9 Å². The van der Waals surface area contributed by atoms with Crippen LogP contribution in [0.3, 0.4) is 0 Å². The standard InChI is InChI=1S/C15H18N2OS/c1-15(7-3-9-19-15)10-17-14(18)12-5-2-4-11-6-8-16-13(11)12/h2,4-6,8,16H,3,7,9-10H2,1H3,(H,17,18). The molecule has 3 rings (SSSR count). The zero-order chi connectivity index (χ0) is 13.3. The van der Waals surface area contributed by atoms with E-state index >= 15 is 0 Å². The largest absolute Gasteiger partial charge is 0.361 e. The molecule has 1 aliphatic rings. The van der Waals surface area contributed by atoms with Gasteiger partial charge in [-0.1, -0.05) is 12.1 Å². The molecule has 1 aromatic heterocycles. The second kappa shape index (κ2) is 4.93. The molecule has 1 atom stereocenters. The van der Waals surface area contributed by atoms with E-state index in [1.807, 2.05) is 42.2 Å². The fourth-order valence-electron chi connectivity index (χ4n) is 2.61. The number of hydrogen-bond acceptors (Lipinski definition) is 2. The highest BCUT2D eigenvalue weighted by molar-refractivity contribution is 8.00. The number of aromatic amines is 1. The molecular weight excluding hydrogens is 256 g/mol. The Kier molecular flexibility index (Phi) is 3.27.